The zero-order valence-electron chi connectivity index (χ0n) is 13.6. The predicted octanol–water partition coefficient (Wildman–Crippen LogP) is 3.55. The van der Waals surface area contributed by atoms with E-state index in [2.05, 4.69) is 5.16 Å². The van der Waals surface area contributed by atoms with Crippen molar-refractivity contribution < 1.29 is 22.8 Å². The lowest BCUT2D eigenvalue weighted by atomic mass is 9.90. The molecule has 1 saturated carbocycles. The van der Waals surface area contributed by atoms with E-state index >= 15 is 0 Å². The normalized spacial score (nSPS) is 22.2. The number of carbonyl (C=O) groups is 1. The summed E-state index contributed by atoms with van der Waals surface area (Å²) < 4.78 is 36.8. The Hall–Kier alpha value is -2.44. The first-order chi connectivity index (χ1) is 12.1. The minimum absolute atomic E-state index is 0.0842. The molecule has 2 aliphatic rings. The molecule has 5 nitrogen and oxygen atoms in total. The number of halogens is 2. The molecular weight excluding hydrogens is 330 g/mol. The van der Waals surface area contributed by atoms with Gasteiger partial charge in [-0.05, 0) is 37.3 Å². The molecule has 2 heterocycles. The number of likely N-dealkylation sites (tertiary alicyclic amines) is 1. The van der Waals surface area contributed by atoms with Crippen LogP contribution >= 0.6 is 0 Å². The van der Waals surface area contributed by atoms with Crippen LogP contribution in [0, 0.1) is 17.6 Å². The number of ether oxygens (including phenoxy) is 1. The van der Waals surface area contributed by atoms with Gasteiger partial charge in [0.2, 0.25) is 0 Å². The van der Waals surface area contributed by atoms with Crippen LogP contribution in [0.5, 0.6) is 5.75 Å². The van der Waals surface area contributed by atoms with Gasteiger partial charge in [-0.25, -0.2) is 8.78 Å². The molecule has 0 spiro atoms. The van der Waals surface area contributed by atoms with Crippen molar-refractivity contribution in [3.05, 3.63) is 47.4 Å². The van der Waals surface area contributed by atoms with Crippen LogP contribution in [0.2, 0.25) is 0 Å². The number of rotatable bonds is 4. The number of hydrogen-bond donors (Lipinski definition) is 0. The third kappa shape index (κ3) is 3.23. The van der Waals surface area contributed by atoms with Gasteiger partial charge in [-0.3, -0.25) is 4.79 Å². The van der Waals surface area contributed by atoms with Gasteiger partial charge in [0.05, 0.1) is 0 Å². The van der Waals surface area contributed by atoms with Crippen LogP contribution in [-0.4, -0.2) is 28.6 Å². The summed E-state index contributed by atoms with van der Waals surface area (Å²) in [5.74, 6) is -0.766. The molecule has 2 fully saturated rings. The fraction of sp³-hybridized carbons (Fsp3) is 0.444. The Morgan fingerprint density at radius 2 is 2.20 bits per heavy atom. The maximum atomic E-state index is 13.5. The average Bonchev–Trinajstić information content (AvgIpc) is 3.18. The first-order valence-electron chi connectivity index (χ1n) is 8.44. The molecule has 25 heavy (non-hydrogen) atoms. The average molecular weight is 348 g/mol. The van der Waals surface area contributed by atoms with E-state index in [1.165, 1.54) is 25.0 Å². The van der Waals surface area contributed by atoms with E-state index in [0.29, 0.717) is 17.7 Å². The second-order valence-corrected chi connectivity index (χ2v) is 6.69. The molecule has 0 radical (unpaired) electrons. The van der Waals surface area contributed by atoms with Crippen molar-refractivity contribution in [3.63, 3.8) is 0 Å². The van der Waals surface area contributed by atoms with Crippen molar-refractivity contribution in [1.82, 2.24) is 10.1 Å². The predicted molar refractivity (Wildman–Crippen MR) is 84.0 cm³/mol. The van der Waals surface area contributed by atoms with Gasteiger partial charge in [0, 0.05) is 24.7 Å². The summed E-state index contributed by atoms with van der Waals surface area (Å²) in [4.78, 5) is 14.5. The number of carbonyl (C=O) groups excluding carboxylic acids is 1. The van der Waals surface area contributed by atoms with Crippen molar-refractivity contribution in [2.45, 2.75) is 38.3 Å². The number of amides is 1. The number of hydrogen-bond acceptors (Lipinski definition) is 4. The maximum absolute atomic E-state index is 13.5. The van der Waals surface area contributed by atoms with Gasteiger partial charge in [0.15, 0.2) is 23.0 Å². The standard InChI is InChI=1S/C18H18F2N2O3/c19-12-4-5-17(15(20)7-12)24-10-14-8-16(21-25-14)18(23)22-9-11-2-1-3-13(22)6-11/h4-5,7-8,11,13H,1-3,6,9-10H2. The van der Waals surface area contributed by atoms with Crippen LogP contribution < -0.4 is 4.74 Å². The SMILES string of the molecule is O=C(c1cc(COc2ccc(F)cc2F)on1)N1CC2CCCC1C2. The van der Waals surface area contributed by atoms with Crippen molar-refractivity contribution in [3.8, 4) is 5.75 Å². The monoisotopic (exact) mass is 348 g/mol. The van der Waals surface area contributed by atoms with Gasteiger partial charge in [0.25, 0.3) is 5.91 Å². The second-order valence-electron chi connectivity index (χ2n) is 6.69. The zero-order valence-corrected chi connectivity index (χ0v) is 13.6. The maximum Gasteiger partial charge on any atom is 0.276 e. The van der Waals surface area contributed by atoms with Gasteiger partial charge in [-0.2, -0.15) is 0 Å². The molecule has 4 rings (SSSR count). The summed E-state index contributed by atoms with van der Waals surface area (Å²) in [5.41, 5.74) is 0.241. The first kappa shape index (κ1) is 16.1. The zero-order chi connectivity index (χ0) is 17.4. The molecule has 7 heteroatoms. The lowest BCUT2D eigenvalue weighted by Gasteiger charge is -2.23. The lowest BCUT2D eigenvalue weighted by Crippen LogP contribution is -2.35. The second kappa shape index (κ2) is 6.46. The van der Waals surface area contributed by atoms with Gasteiger partial charge in [-0.1, -0.05) is 11.6 Å². The molecule has 1 amide bonds. The Kier molecular flexibility index (Phi) is 4.15. The third-order valence-corrected chi connectivity index (χ3v) is 4.95. The van der Waals surface area contributed by atoms with E-state index in [9.17, 15) is 13.6 Å². The molecule has 1 aromatic heterocycles. The Balaban J connectivity index is 1.41. The molecule has 2 bridgehead atoms. The summed E-state index contributed by atoms with van der Waals surface area (Å²) in [6, 6.07) is 4.88. The molecule has 132 valence electrons. The van der Waals surface area contributed by atoms with Crippen LogP contribution in [0.25, 0.3) is 0 Å². The van der Waals surface area contributed by atoms with Crippen LogP contribution in [0.15, 0.2) is 28.8 Å². The summed E-state index contributed by atoms with van der Waals surface area (Å²) in [7, 11) is 0. The van der Waals surface area contributed by atoms with E-state index < -0.39 is 11.6 Å². The van der Waals surface area contributed by atoms with Crippen molar-refractivity contribution in [2.24, 2.45) is 5.92 Å². The molecule has 2 aromatic rings. The molecular formula is C18H18F2N2O3. The Bertz CT molecular complexity index is 792. The largest absolute Gasteiger partial charge is 0.482 e. The van der Waals surface area contributed by atoms with E-state index in [0.717, 1.165) is 31.5 Å². The fourth-order valence-corrected chi connectivity index (χ4v) is 3.76. The Labute approximate surface area is 143 Å². The third-order valence-electron chi connectivity index (χ3n) is 4.95. The van der Waals surface area contributed by atoms with E-state index in [1.54, 1.807) is 0 Å². The van der Waals surface area contributed by atoms with Crippen LogP contribution in [0.1, 0.15) is 41.9 Å². The van der Waals surface area contributed by atoms with Crippen LogP contribution in [0.3, 0.4) is 0 Å². The van der Waals surface area contributed by atoms with Crippen molar-refractivity contribution in [2.75, 3.05) is 6.54 Å². The summed E-state index contributed by atoms with van der Waals surface area (Å²) in [6.07, 6.45) is 4.46. The van der Waals surface area contributed by atoms with E-state index in [-0.39, 0.29) is 24.0 Å². The Morgan fingerprint density at radius 3 is 3.00 bits per heavy atom. The van der Waals surface area contributed by atoms with Gasteiger partial charge in [0.1, 0.15) is 12.4 Å². The van der Waals surface area contributed by atoms with Gasteiger partial charge in [-0.15, -0.1) is 0 Å². The summed E-state index contributed by atoms with van der Waals surface area (Å²) in [5, 5.41) is 3.82. The minimum Gasteiger partial charge on any atom is -0.482 e. The smallest absolute Gasteiger partial charge is 0.276 e. The molecule has 2 atom stereocenters. The highest BCUT2D eigenvalue weighted by Crippen LogP contribution is 2.36. The highest BCUT2D eigenvalue weighted by Gasteiger charge is 2.38. The van der Waals surface area contributed by atoms with E-state index in [4.69, 9.17) is 9.26 Å². The minimum atomic E-state index is -0.792. The lowest BCUT2D eigenvalue weighted by molar-refractivity contribution is 0.0722. The van der Waals surface area contributed by atoms with Crippen LogP contribution in [0.4, 0.5) is 8.78 Å². The van der Waals surface area contributed by atoms with Crippen molar-refractivity contribution in [1.29, 1.82) is 0 Å². The quantitative estimate of drug-likeness (QED) is 0.848. The number of aromatic nitrogens is 1. The number of benzene rings is 1. The molecule has 1 aromatic carbocycles. The summed E-state index contributed by atoms with van der Waals surface area (Å²) >= 11 is 0. The highest BCUT2D eigenvalue weighted by molar-refractivity contribution is 5.92. The summed E-state index contributed by atoms with van der Waals surface area (Å²) in [6.45, 7) is 0.692. The van der Waals surface area contributed by atoms with Crippen molar-refractivity contribution >= 4 is 5.91 Å². The molecule has 1 aliphatic carbocycles. The topological polar surface area (TPSA) is 55.6 Å². The molecule has 1 saturated heterocycles. The molecule has 2 unspecified atom stereocenters. The highest BCUT2D eigenvalue weighted by atomic mass is 19.1. The number of nitrogens with zero attached hydrogens (tertiary/aromatic N) is 2. The fourth-order valence-electron chi connectivity index (χ4n) is 3.76. The van der Waals surface area contributed by atoms with Gasteiger partial charge >= 0.3 is 0 Å². The number of fused-ring (bicyclic) bond motifs is 2. The molecule has 0 N–H and O–H groups in total. The van der Waals surface area contributed by atoms with Crippen LogP contribution in [-0.2, 0) is 6.61 Å². The Morgan fingerprint density at radius 1 is 1.32 bits per heavy atom. The first-order valence-corrected chi connectivity index (χ1v) is 8.44. The van der Waals surface area contributed by atoms with Gasteiger partial charge < -0.3 is 14.2 Å². The van der Waals surface area contributed by atoms with E-state index in [1.807, 2.05) is 4.90 Å². The molecule has 1 aliphatic heterocycles.